The van der Waals surface area contributed by atoms with Crippen LogP contribution in [0.15, 0.2) is 77.9 Å². The Bertz CT molecular complexity index is 1090. The minimum Gasteiger partial charge on any atom is -0.497 e. The Hall–Kier alpha value is -3.93. The molecule has 164 valence electrons. The van der Waals surface area contributed by atoms with Gasteiger partial charge in [-0.25, -0.2) is 10.2 Å². The third kappa shape index (κ3) is 6.04. The van der Waals surface area contributed by atoms with Gasteiger partial charge in [-0.2, -0.15) is 5.10 Å². The molecule has 3 aromatic rings. The van der Waals surface area contributed by atoms with E-state index in [-0.39, 0.29) is 11.3 Å². The molecular weight excluding hydrogens is 404 g/mol. The summed E-state index contributed by atoms with van der Waals surface area (Å²) in [7, 11) is 1.56. The minimum absolute atomic E-state index is 0.0301. The molecule has 6 heteroatoms. The van der Waals surface area contributed by atoms with Crippen molar-refractivity contribution in [2.45, 2.75) is 26.2 Å². The van der Waals surface area contributed by atoms with E-state index in [0.717, 1.165) is 11.1 Å². The van der Waals surface area contributed by atoms with Gasteiger partial charge in [-0.15, -0.1) is 0 Å². The number of esters is 1. The molecule has 3 rings (SSSR count). The molecule has 0 atom stereocenters. The number of hydrazone groups is 1. The van der Waals surface area contributed by atoms with E-state index >= 15 is 0 Å². The molecule has 0 saturated heterocycles. The average Bonchev–Trinajstić information content (AvgIpc) is 2.79. The second-order valence-corrected chi connectivity index (χ2v) is 8.21. The zero-order chi connectivity index (χ0) is 23.1. The minimum atomic E-state index is -0.459. The molecule has 0 aromatic heterocycles. The van der Waals surface area contributed by atoms with Crippen LogP contribution in [0.3, 0.4) is 0 Å². The van der Waals surface area contributed by atoms with Crippen molar-refractivity contribution in [3.05, 3.63) is 95.1 Å². The van der Waals surface area contributed by atoms with Crippen molar-refractivity contribution in [3.8, 4) is 11.5 Å². The third-order valence-corrected chi connectivity index (χ3v) is 4.81. The van der Waals surface area contributed by atoms with E-state index < -0.39 is 5.97 Å². The number of nitrogens with one attached hydrogen (secondary N) is 1. The van der Waals surface area contributed by atoms with Crippen LogP contribution in [-0.2, 0) is 5.41 Å². The van der Waals surface area contributed by atoms with E-state index in [1.165, 1.54) is 6.21 Å². The van der Waals surface area contributed by atoms with Gasteiger partial charge in [0, 0.05) is 5.56 Å². The van der Waals surface area contributed by atoms with Gasteiger partial charge >= 0.3 is 5.97 Å². The van der Waals surface area contributed by atoms with E-state index in [2.05, 4.69) is 31.3 Å². The highest BCUT2D eigenvalue weighted by atomic mass is 16.5. The second kappa shape index (κ2) is 9.92. The van der Waals surface area contributed by atoms with Crippen molar-refractivity contribution in [2.24, 2.45) is 5.10 Å². The Morgan fingerprint density at radius 1 is 0.812 bits per heavy atom. The summed E-state index contributed by atoms with van der Waals surface area (Å²) in [5, 5.41) is 4.00. The van der Waals surface area contributed by atoms with Crippen LogP contribution >= 0.6 is 0 Å². The first-order valence-electron chi connectivity index (χ1n) is 10.2. The maximum Gasteiger partial charge on any atom is 0.343 e. The van der Waals surface area contributed by atoms with Crippen LogP contribution in [0.4, 0.5) is 0 Å². The molecule has 0 aliphatic heterocycles. The molecule has 0 heterocycles. The summed E-state index contributed by atoms with van der Waals surface area (Å²) in [5.74, 6) is 0.329. The lowest BCUT2D eigenvalue weighted by atomic mass is 9.87. The first kappa shape index (κ1) is 22.7. The average molecular weight is 431 g/mol. The maximum atomic E-state index is 12.3. The molecule has 0 saturated carbocycles. The maximum absolute atomic E-state index is 12.3. The number of amides is 1. The number of ether oxygens (including phenoxy) is 2. The zero-order valence-corrected chi connectivity index (χ0v) is 18.6. The van der Waals surface area contributed by atoms with Gasteiger partial charge in [-0.1, -0.05) is 32.9 Å². The fourth-order valence-corrected chi connectivity index (χ4v) is 2.87. The molecule has 32 heavy (non-hydrogen) atoms. The highest BCUT2D eigenvalue weighted by molar-refractivity contribution is 5.95. The highest BCUT2D eigenvalue weighted by Crippen LogP contribution is 2.22. The number of hydrogen-bond donors (Lipinski definition) is 1. The Morgan fingerprint density at radius 2 is 1.38 bits per heavy atom. The molecular formula is C26H26N2O4. The summed E-state index contributed by atoms with van der Waals surface area (Å²) >= 11 is 0. The molecule has 1 N–H and O–H groups in total. The predicted molar refractivity (Wildman–Crippen MR) is 125 cm³/mol. The number of hydrogen-bond acceptors (Lipinski definition) is 5. The summed E-state index contributed by atoms with van der Waals surface area (Å²) in [6, 6.07) is 21.0. The Kier molecular flexibility index (Phi) is 7.05. The van der Waals surface area contributed by atoms with E-state index in [0.29, 0.717) is 22.6 Å². The highest BCUT2D eigenvalue weighted by Gasteiger charge is 2.14. The van der Waals surface area contributed by atoms with Crippen molar-refractivity contribution in [2.75, 3.05) is 7.11 Å². The Labute approximate surface area is 187 Å². The first-order valence-corrected chi connectivity index (χ1v) is 10.2. The van der Waals surface area contributed by atoms with E-state index in [9.17, 15) is 9.59 Å². The van der Waals surface area contributed by atoms with Crippen LogP contribution in [-0.4, -0.2) is 25.2 Å². The molecule has 1 amide bonds. The number of carbonyl (C=O) groups excluding carboxylic acids is 2. The topological polar surface area (TPSA) is 77.0 Å². The number of nitrogens with zero attached hydrogens (tertiary/aromatic N) is 1. The second-order valence-electron chi connectivity index (χ2n) is 8.21. The molecule has 0 bridgehead atoms. The monoisotopic (exact) mass is 430 g/mol. The Balaban J connectivity index is 1.54. The summed E-state index contributed by atoms with van der Waals surface area (Å²) in [6.45, 7) is 6.37. The fraction of sp³-hybridized carbons (Fsp3) is 0.192. The lowest BCUT2D eigenvalue weighted by molar-refractivity contribution is 0.0734. The van der Waals surface area contributed by atoms with Crippen molar-refractivity contribution >= 4 is 18.1 Å². The standard InChI is InChI=1S/C26H26N2O4/c1-26(2,3)21-11-7-19(8-12-21)24(29)28-27-17-18-5-13-23(14-6-18)32-25(30)20-9-15-22(31-4)16-10-20/h5-17H,1-4H3,(H,28,29)/b27-17+. The van der Waals surface area contributed by atoms with Crippen LogP contribution in [0, 0.1) is 0 Å². The largest absolute Gasteiger partial charge is 0.497 e. The SMILES string of the molecule is COc1ccc(C(=O)Oc2ccc(/C=N/NC(=O)c3ccc(C(C)(C)C)cc3)cc2)cc1. The van der Waals surface area contributed by atoms with Gasteiger partial charge in [-0.05, 0) is 77.2 Å². The predicted octanol–water partition coefficient (Wildman–Crippen LogP) is 4.98. The number of benzene rings is 3. The fourth-order valence-electron chi connectivity index (χ4n) is 2.87. The van der Waals surface area contributed by atoms with Gasteiger partial charge < -0.3 is 9.47 Å². The molecule has 0 aliphatic rings. The number of methoxy groups -OCH3 is 1. The van der Waals surface area contributed by atoms with Crippen LogP contribution in [0.2, 0.25) is 0 Å². The molecule has 0 unspecified atom stereocenters. The van der Waals surface area contributed by atoms with Gasteiger partial charge in [0.1, 0.15) is 11.5 Å². The quantitative estimate of drug-likeness (QED) is 0.259. The lowest BCUT2D eigenvalue weighted by Crippen LogP contribution is -2.18. The smallest absolute Gasteiger partial charge is 0.343 e. The number of rotatable bonds is 6. The van der Waals surface area contributed by atoms with Crippen LogP contribution in [0.5, 0.6) is 11.5 Å². The summed E-state index contributed by atoms with van der Waals surface area (Å²) in [5.41, 5.74) is 5.42. The third-order valence-electron chi connectivity index (χ3n) is 4.81. The summed E-state index contributed by atoms with van der Waals surface area (Å²) in [6.07, 6.45) is 1.52. The normalized spacial score (nSPS) is 11.2. The van der Waals surface area contributed by atoms with Gasteiger partial charge in [0.25, 0.3) is 5.91 Å². The Morgan fingerprint density at radius 3 is 1.94 bits per heavy atom. The van der Waals surface area contributed by atoms with E-state index in [1.807, 2.05) is 12.1 Å². The van der Waals surface area contributed by atoms with Crippen molar-refractivity contribution < 1.29 is 19.1 Å². The first-order chi connectivity index (χ1) is 15.3. The zero-order valence-electron chi connectivity index (χ0n) is 18.6. The van der Waals surface area contributed by atoms with Gasteiger partial charge in [0.05, 0.1) is 18.9 Å². The molecule has 3 aromatic carbocycles. The summed E-state index contributed by atoms with van der Waals surface area (Å²) in [4.78, 5) is 24.5. The molecule has 0 radical (unpaired) electrons. The summed E-state index contributed by atoms with van der Waals surface area (Å²) < 4.78 is 10.4. The number of carbonyl (C=O) groups is 2. The lowest BCUT2D eigenvalue weighted by Gasteiger charge is -2.18. The van der Waals surface area contributed by atoms with E-state index in [4.69, 9.17) is 9.47 Å². The molecule has 0 aliphatic carbocycles. The van der Waals surface area contributed by atoms with Crippen LogP contribution in [0.1, 0.15) is 52.6 Å². The van der Waals surface area contributed by atoms with Gasteiger partial charge in [-0.3, -0.25) is 4.79 Å². The van der Waals surface area contributed by atoms with Crippen LogP contribution in [0.25, 0.3) is 0 Å². The van der Waals surface area contributed by atoms with Crippen molar-refractivity contribution in [1.29, 1.82) is 0 Å². The van der Waals surface area contributed by atoms with Crippen LogP contribution < -0.4 is 14.9 Å². The van der Waals surface area contributed by atoms with Gasteiger partial charge in [0.2, 0.25) is 0 Å². The van der Waals surface area contributed by atoms with Gasteiger partial charge in [0.15, 0.2) is 0 Å². The van der Waals surface area contributed by atoms with Crippen molar-refractivity contribution in [1.82, 2.24) is 5.43 Å². The molecule has 6 nitrogen and oxygen atoms in total. The molecule has 0 spiro atoms. The van der Waals surface area contributed by atoms with E-state index in [1.54, 1.807) is 67.8 Å². The van der Waals surface area contributed by atoms with Crippen molar-refractivity contribution in [3.63, 3.8) is 0 Å². The molecule has 0 fully saturated rings.